The Labute approximate surface area is 116 Å². The molecule has 6 nitrogen and oxygen atoms in total. The van der Waals surface area contributed by atoms with Gasteiger partial charge < -0.3 is 20.3 Å². The number of amides is 1. The number of hydrogen-bond acceptors (Lipinski definition) is 4. The molecule has 0 saturated carbocycles. The normalized spacial score (nSPS) is 21.9. The summed E-state index contributed by atoms with van der Waals surface area (Å²) in [6, 6.07) is 7.02. The number of nitrogens with one attached hydrogen (secondary N) is 2. The number of benzene rings is 1. The van der Waals surface area contributed by atoms with Crippen molar-refractivity contribution in [1.29, 1.82) is 0 Å². The number of carbonyl (C=O) groups excluding carboxylic acids is 1. The Morgan fingerprint density at radius 3 is 2.75 bits per heavy atom. The molecule has 0 unspecified atom stereocenters. The van der Waals surface area contributed by atoms with Gasteiger partial charge in [-0.15, -0.1) is 0 Å². The lowest BCUT2D eigenvalue weighted by Gasteiger charge is -2.15. The van der Waals surface area contributed by atoms with Gasteiger partial charge in [-0.1, -0.05) is 0 Å². The second-order valence-electron chi connectivity index (χ2n) is 4.82. The summed E-state index contributed by atoms with van der Waals surface area (Å²) in [5.41, 5.74) is 1.52. The zero-order valence-corrected chi connectivity index (χ0v) is 10.9. The van der Waals surface area contributed by atoms with E-state index in [0.717, 1.165) is 5.69 Å². The Bertz CT molecular complexity index is 580. The first-order chi connectivity index (χ1) is 9.74. The van der Waals surface area contributed by atoms with Crippen LogP contribution in [0.3, 0.4) is 0 Å². The van der Waals surface area contributed by atoms with Crippen LogP contribution >= 0.6 is 0 Å². The van der Waals surface area contributed by atoms with Gasteiger partial charge in [-0.3, -0.25) is 4.79 Å². The maximum absolute atomic E-state index is 12.1. The Morgan fingerprint density at radius 1 is 1.35 bits per heavy atom. The number of rotatable bonds is 3. The minimum absolute atomic E-state index is 0.171. The lowest BCUT2D eigenvalue weighted by atomic mass is 10.1. The first kappa shape index (κ1) is 12.8. The van der Waals surface area contributed by atoms with Crippen LogP contribution in [0.5, 0.6) is 0 Å². The number of nitrogens with zero attached hydrogens (tertiary/aromatic N) is 2. The van der Waals surface area contributed by atoms with Crippen LogP contribution in [-0.2, 0) is 0 Å². The summed E-state index contributed by atoms with van der Waals surface area (Å²) in [4.78, 5) is 16.1. The van der Waals surface area contributed by atoms with Crippen LogP contribution in [0.2, 0.25) is 0 Å². The highest BCUT2D eigenvalue weighted by Gasteiger charge is 2.26. The van der Waals surface area contributed by atoms with E-state index in [9.17, 15) is 9.90 Å². The molecule has 20 heavy (non-hydrogen) atoms. The largest absolute Gasteiger partial charge is 0.390 e. The molecule has 1 aliphatic heterocycles. The summed E-state index contributed by atoms with van der Waals surface area (Å²) in [7, 11) is 0. The third kappa shape index (κ3) is 2.56. The fraction of sp³-hybridized carbons (Fsp3) is 0.286. The monoisotopic (exact) mass is 272 g/mol. The molecular weight excluding hydrogens is 256 g/mol. The Balaban J connectivity index is 1.69. The number of carbonyl (C=O) groups is 1. The fourth-order valence-electron chi connectivity index (χ4n) is 2.26. The summed E-state index contributed by atoms with van der Waals surface area (Å²) in [6.07, 6.45) is 4.73. The molecule has 1 aliphatic rings. The summed E-state index contributed by atoms with van der Waals surface area (Å²) >= 11 is 0. The van der Waals surface area contributed by atoms with Gasteiger partial charge in [-0.25, -0.2) is 4.98 Å². The molecule has 1 aromatic heterocycles. The van der Waals surface area contributed by atoms with E-state index in [2.05, 4.69) is 15.6 Å². The number of aromatic nitrogens is 2. The molecule has 0 spiro atoms. The van der Waals surface area contributed by atoms with Crippen LogP contribution in [0.25, 0.3) is 5.69 Å². The van der Waals surface area contributed by atoms with Gasteiger partial charge in [0, 0.05) is 36.7 Å². The van der Waals surface area contributed by atoms with Crippen LogP contribution in [0.15, 0.2) is 43.0 Å². The lowest BCUT2D eigenvalue weighted by molar-refractivity contribution is 0.0888. The van der Waals surface area contributed by atoms with Crippen molar-refractivity contribution in [2.75, 3.05) is 13.1 Å². The molecule has 1 amide bonds. The minimum atomic E-state index is -0.524. The molecule has 2 heterocycles. The second kappa shape index (κ2) is 5.44. The summed E-state index contributed by atoms with van der Waals surface area (Å²) in [5.74, 6) is -0.171. The van der Waals surface area contributed by atoms with Crippen molar-refractivity contribution in [2.24, 2.45) is 0 Å². The van der Waals surface area contributed by atoms with Gasteiger partial charge >= 0.3 is 0 Å². The highest BCUT2D eigenvalue weighted by Crippen LogP contribution is 2.10. The number of aliphatic hydroxyl groups is 1. The third-order valence-corrected chi connectivity index (χ3v) is 3.43. The Hall–Kier alpha value is -2.18. The SMILES string of the molecule is O=C(N[C@@H]1CNC[C@H]1O)c1ccc(-n2ccnc2)cc1. The van der Waals surface area contributed by atoms with Crippen LogP contribution in [0.4, 0.5) is 0 Å². The zero-order valence-electron chi connectivity index (χ0n) is 10.9. The molecule has 0 bridgehead atoms. The Morgan fingerprint density at radius 2 is 2.15 bits per heavy atom. The fourth-order valence-corrected chi connectivity index (χ4v) is 2.26. The predicted molar refractivity (Wildman–Crippen MR) is 73.7 cm³/mol. The molecule has 1 aromatic carbocycles. The van der Waals surface area contributed by atoms with E-state index in [1.165, 1.54) is 0 Å². The zero-order chi connectivity index (χ0) is 13.9. The van der Waals surface area contributed by atoms with Gasteiger partial charge in [-0.2, -0.15) is 0 Å². The van der Waals surface area contributed by atoms with Gasteiger partial charge in [-0.05, 0) is 24.3 Å². The maximum atomic E-state index is 12.1. The molecule has 3 N–H and O–H groups in total. The maximum Gasteiger partial charge on any atom is 0.251 e. The van der Waals surface area contributed by atoms with E-state index in [4.69, 9.17) is 0 Å². The second-order valence-corrected chi connectivity index (χ2v) is 4.82. The van der Waals surface area contributed by atoms with Gasteiger partial charge in [0.15, 0.2) is 0 Å². The van der Waals surface area contributed by atoms with E-state index in [0.29, 0.717) is 18.7 Å². The van der Waals surface area contributed by atoms with Crippen molar-refractivity contribution < 1.29 is 9.90 Å². The molecule has 1 fully saturated rings. The first-order valence-electron chi connectivity index (χ1n) is 6.52. The smallest absolute Gasteiger partial charge is 0.251 e. The van der Waals surface area contributed by atoms with E-state index in [-0.39, 0.29) is 11.9 Å². The number of aliphatic hydroxyl groups excluding tert-OH is 1. The van der Waals surface area contributed by atoms with Crippen molar-refractivity contribution >= 4 is 5.91 Å². The minimum Gasteiger partial charge on any atom is -0.390 e. The summed E-state index contributed by atoms with van der Waals surface area (Å²) < 4.78 is 1.87. The van der Waals surface area contributed by atoms with Crippen LogP contribution in [0, 0.1) is 0 Å². The van der Waals surface area contributed by atoms with Crippen molar-refractivity contribution in [3.05, 3.63) is 48.5 Å². The summed E-state index contributed by atoms with van der Waals surface area (Å²) in [6.45, 7) is 1.12. The van der Waals surface area contributed by atoms with Crippen molar-refractivity contribution in [3.8, 4) is 5.69 Å². The first-order valence-corrected chi connectivity index (χ1v) is 6.52. The van der Waals surface area contributed by atoms with Gasteiger partial charge in [0.1, 0.15) is 0 Å². The molecule has 0 radical (unpaired) electrons. The Kier molecular flexibility index (Phi) is 3.49. The number of β-amino-alcohol motifs (C(OH)–C–C–N with tert-alkyl or cyclic N) is 1. The van der Waals surface area contributed by atoms with E-state index >= 15 is 0 Å². The topological polar surface area (TPSA) is 79.2 Å². The van der Waals surface area contributed by atoms with Crippen LogP contribution in [-0.4, -0.2) is 45.8 Å². The van der Waals surface area contributed by atoms with Crippen molar-refractivity contribution in [2.45, 2.75) is 12.1 Å². The third-order valence-electron chi connectivity index (χ3n) is 3.43. The highest BCUT2D eigenvalue weighted by atomic mass is 16.3. The molecule has 6 heteroatoms. The average Bonchev–Trinajstić information content (AvgIpc) is 3.12. The van der Waals surface area contributed by atoms with E-state index in [1.54, 1.807) is 24.7 Å². The molecule has 3 rings (SSSR count). The molecule has 0 aliphatic carbocycles. The number of imidazole rings is 1. The predicted octanol–water partition coefficient (Wildman–Crippen LogP) is -0.0652. The average molecular weight is 272 g/mol. The molecule has 104 valence electrons. The van der Waals surface area contributed by atoms with Gasteiger partial charge in [0.25, 0.3) is 5.91 Å². The van der Waals surface area contributed by atoms with Crippen LogP contribution in [0.1, 0.15) is 10.4 Å². The molecule has 1 saturated heterocycles. The quantitative estimate of drug-likeness (QED) is 0.731. The van der Waals surface area contributed by atoms with Gasteiger partial charge in [0.2, 0.25) is 0 Å². The van der Waals surface area contributed by atoms with E-state index in [1.807, 2.05) is 22.9 Å². The van der Waals surface area contributed by atoms with Crippen molar-refractivity contribution in [3.63, 3.8) is 0 Å². The van der Waals surface area contributed by atoms with E-state index < -0.39 is 6.10 Å². The summed E-state index contributed by atoms with van der Waals surface area (Å²) in [5, 5.41) is 15.5. The number of hydrogen-bond donors (Lipinski definition) is 3. The van der Waals surface area contributed by atoms with Crippen molar-refractivity contribution in [1.82, 2.24) is 20.2 Å². The molecular formula is C14H16N4O2. The van der Waals surface area contributed by atoms with Crippen LogP contribution < -0.4 is 10.6 Å². The molecule has 2 atom stereocenters. The standard InChI is InChI=1S/C14H16N4O2/c19-13-8-16-7-12(13)17-14(20)10-1-3-11(4-2-10)18-6-5-15-9-18/h1-6,9,12-13,16,19H,7-8H2,(H,17,20)/t12-,13-/m1/s1. The molecule has 2 aromatic rings. The highest BCUT2D eigenvalue weighted by molar-refractivity contribution is 5.94. The van der Waals surface area contributed by atoms with Gasteiger partial charge in [0.05, 0.1) is 18.5 Å². The lowest BCUT2D eigenvalue weighted by Crippen LogP contribution is -2.42.